The Bertz CT molecular complexity index is 3330. The van der Waals surface area contributed by atoms with Crippen LogP contribution in [-0.2, 0) is 458 Å². The summed E-state index contributed by atoms with van der Waals surface area (Å²) in [6.07, 6.45) is 0. The molecule has 0 fully saturated rings. The van der Waals surface area contributed by atoms with Gasteiger partial charge in [0.15, 0.2) is 0 Å². The van der Waals surface area contributed by atoms with Gasteiger partial charge in [-0.05, 0) is 0 Å². The van der Waals surface area contributed by atoms with Crippen molar-refractivity contribution in [2.45, 2.75) is 0 Å². The average molecular weight is 1670 g/mol. The van der Waals surface area contributed by atoms with E-state index >= 15 is 0 Å². The first-order valence-electron chi connectivity index (χ1n) is 17.3. The summed E-state index contributed by atoms with van der Waals surface area (Å²) in [6, 6.07) is 0. The summed E-state index contributed by atoms with van der Waals surface area (Å²) >= 11 is 9.63. The number of hydrogen-bond donors (Lipinski definition) is 0. The fourth-order valence-electron chi connectivity index (χ4n) is 0.533. The first-order chi connectivity index (χ1) is 34.4. The van der Waals surface area contributed by atoms with Crippen LogP contribution in [0.25, 0.3) is 0 Å². The van der Waals surface area contributed by atoms with E-state index in [2.05, 4.69) is 0 Å². The molecule has 0 saturated carbocycles. The summed E-state index contributed by atoms with van der Waals surface area (Å²) in [5, 5.41) is 0. The minimum atomic E-state index is 1.37. The van der Waals surface area contributed by atoms with Crippen molar-refractivity contribution in [1.82, 2.24) is 0 Å². The van der Waals surface area contributed by atoms with Crippen molar-refractivity contribution in [3.63, 3.8) is 0 Å². The molecule has 0 saturated heterocycles. The third kappa shape index (κ3) is 61.2. The van der Waals surface area contributed by atoms with Crippen LogP contribution in [0, 0.1) is 0 Å². The Balaban J connectivity index is -0.000000215. The molecule has 324 valence electrons. The lowest BCUT2D eigenvalue weighted by molar-refractivity contribution is 5.95. The molecule has 0 aromatic rings. The Morgan fingerprint density at radius 1 is 0.137 bits per heavy atom. The third-order valence-corrected chi connectivity index (χ3v) is 108. The summed E-state index contributed by atoms with van der Waals surface area (Å²) in [5.74, 6) is 0. The zero-order valence-corrected chi connectivity index (χ0v) is 62.5. The van der Waals surface area contributed by atoms with E-state index in [1.807, 2.05) is 311 Å². The quantitative estimate of drug-likeness (QED) is 0.365. The topological polar surface area (TPSA) is 0 Å². The molecule has 0 spiro atoms. The lowest BCUT2D eigenvalue weighted by Gasteiger charge is -1.41. The molecule has 0 unspecified atom stereocenters. The standard InChI is InChI=1S/S51.9H2/c1-3-5-7-9-11-13-15-17-19-21-23-25-27-29-31-33-35-37-39-41-43-45-47-49-51-50-48-46-44-42-40-38-36-34-32-30-28-26-24-22-20-18-16-14-12-10-8-6-4-2;;;;;;;;;/h;9*1H/i;9*1+1D. The highest BCUT2D eigenvalue weighted by molar-refractivity contribution is 8.82. The summed E-state index contributed by atoms with van der Waals surface area (Å²) in [4.78, 5) is 0. The van der Waals surface area contributed by atoms with E-state index in [0.717, 1.165) is 0 Å². The van der Waals surface area contributed by atoms with Gasteiger partial charge in [-0.15, -0.1) is 0 Å². The second-order valence-electron chi connectivity index (χ2n) is 3.33. The molecule has 0 heterocycles. The van der Waals surface area contributed by atoms with Gasteiger partial charge in [0.2, 0.25) is 0 Å². The van der Waals surface area contributed by atoms with Crippen molar-refractivity contribution in [2.75, 3.05) is 0 Å². The lowest BCUT2D eigenvalue weighted by Crippen LogP contribution is -1.41. The molecule has 0 radical (unpaired) electrons. The largest absolute Gasteiger partial charge is 0 e. The fourth-order valence-corrected chi connectivity index (χ4v) is 130. The van der Waals surface area contributed by atoms with Gasteiger partial charge in [-0.25, -0.2) is 0 Å². The van der Waals surface area contributed by atoms with Gasteiger partial charge in [-0.3, -0.25) is 0 Å². The SMILES string of the molecule is S=S=S=S=S=S=S=S=S=S=S=S=S=S=S=S=S=S=S=S=S=S=S=S=S=S=S=S=S=S=S=S=S=S=S=S=S=S=S=S=S=S=S=S=S=S=S=S=S=S=S.[2H][2H].[2H][2H].[2H][2H].[2H][2H].[2H][2H].[2H][2H].[2H][2H].[2H][2H].[2H][2H]. The van der Waals surface area contributed by atoms with Crippen molar-refractivity contribution in [1.29, 1.82) is 0 Å². The van der Waals surface area contributed by atoms with Gasteiger partial charge in [-0.2, -0.15) is 0 Å². The molecule has 51 heavy (non-hydrogen) atoms. The van der Waals surface area contributed by atoms with Crippen LogP contribution >= 0.6 is 0 Å². The minimum Gasteiger partial charge on any atom is 0 e. The normalized spacial score (nSPS) is 9.18. The molecule has 0 N–H and O–H groups in total. The predicted octanol–water partition coefficient (Wildman–Crippen LogP) is 2.09. The maximum atomic E-state index is 5.00. The average Bonchev–Trinajstić information content (AvgIpc) is 3.43. The van der Waals surface area contributed by atoms with Crippen molar-refractivity contribution in [2.24, 2.45) is 0 Å². The fraction of sp³-hybridized carbons (Fsp3) is 0. The highest BCUT2D eigenvalue weighted by Gasteiger charge is 1.46. The molecule has 0 aromatic carbocycles. The zero-order valence-electron chi connectivity index (χ0n) is 38.8. The summed E-state index contributed by atoms with van der Waals surface area (Å²) in [6.45, 7) is 0. The molecule has 0 nitrogen and oxygen atoms in total. The molecule has 0 aliphatic heterocycles. The minimum absolute atomic E-state index is 1.37. The highest BCUT2D eigenvalue weighted by atomic mass is 33.5. The third-order valence-electron chi connectivity index (χ3n) is 1.33. The van der Waals surface area contributed by atoms with Crippen LogP contribution in [0.3, 0.4) is 0 Å². The van der Waals surface area contributed by atoms with Gasteiger partial charge < -0.3 is 0 Å². The Morgan fingerprint density at radius 2 is 0.196 bits per heavy atom. The molecule has 51 heteroatoms. The molecular formula is H18S51. The van der Waals surface area contributed by atoms with Gasteiger partial charge >= 0.3 is 0 Å². The van der Waals surface area contributed by atoms with Gasteiger partial charge in [0.1, 0.15) is 0 Å². The van der Waals surface area contributed by atoms with Crippen molar-refractivity contribution >= 4 is 458 Å². The first kappa shape index (κ1) is 47.3. The summed E-state index contributed by atoms with van der Waals surface area (Å²) in [5.41, 5.74) is 0. The van der Waals surface area contributed by atoms with E-state index in [9.17, 15) is 0 Å². The van der Waals surface area contributed by atoms with Crippen LogP contribution in [0.15, 0.2) is 0 Å². The van der Waals surface area contributed by atoms with Gasteiger partial charge in [-0.1, -0.05) is 0 Å². The lowest BCUT2D eigenvalue weighted by atomic mass is 30.7. The Kier molecular flexibility index (Phi) is 56.8. The second kappa shape index (κ2) is 61.2. The van der Waals surface area contributed by atoms with Crippen LogP contribution in [0.4, 0.5) is 0 Å². The van der Waals surface area contributed by atoms with Gasteiger partial charge in [0.25, 0.3) is 0 Å². The van der Waals surface area contributed by atoms with Gasteiger partial charge in [0, 0.05) is 484 Å². The maximum Gasteiger partial charge on any atom is 0 e. The van der Waals surface area contributed by atoms with Crippen LogP contribution in [0.2, 0.25) is 0 Å². The van der Waals surface area contributed by atoms with Crippen LogP contribution < -0.4 is 0 Å². The molecule has 0 aliphatic rings. The van der Waals surface area contributed by atoms with Crippen molar-refractivity contribution in [3.8, 4) is 0 Å². The van der Waals surface area contributed by atoms with Crippen LogP contribution in [-0.4, -0.2) is 0 Å². The predicted molar refractivity (Wildman–Crippen MR) is 395 cm³/mol. The van der Waals surface area contributed by atoms with Crippen molar-refractivity contribution in [3.05, 3.63) is 0 Å². The smallest absolute Gasteiger partial charge is 0 e. The second-order valence-corrected chi connectivity index (χ2v) is 90.0. The monoisotopic (exact) mass is 1670 g/mol. The van der Waals surface area contributed by atoms with Gasteiger partial charge in [0.05, 0.1) is 0 Å². The maximum absolute atomic E-state index is 5.00. The number of rotatable bonds is 0. The van der Waals surface area contributed by atoms with E-state index in [1.54, 1.807) is 107 Å². The van der Waals surface area contributed by atoms with Crippen molar-refractivity contribution < 1.29 is 26.7 Å². The molecule has 0 bridgehead atoms. The molecule has 0 rings (SSSR count). The Morgan fingerprint density at radius 3 is 0.255 bits per heavy atom. The molecule has 0 aliphatic carbocycles. The molecular weight excluding hydrogens is 1640 g/mol. The Hall–Kier alpha value is 11.2. The van der Waals surface area contributed by atoms with E-state index in [-0.39, 0.29) is 0 Å². The zero-order chi connectivity index (χ0) is 54.6. The van der Waals surface area contributed by atoms with Crippen LogP contribution in [0.5, 0.6) is 0 Å². The molecule has 0 amide bonds. The molecule has 0 atom stereocenters. The van der Waals surface area contributed by atoms with Crippen LogP contribution in [0.1, 0.15) is 26.7 Å². The summed E-state index contributed by atoms with van der Waals surface area (Å²) in [7, 11) is 87.5. The first-order valence-corrected chi connectivity index (χ1v) is 75.0. The summed E-state index contributed by atoms with van der Waals surface area (Å²) < 4.78 is 90.0. The van der Waals surface area contributed by atoms with E-state index < -0.39 is 0 Å². The molecule has 0 aromatic heterocycles. The van der Waals surface area contributed by atoms with E-state index in [0.29, 0.717) is 0 Å². The van der Waals surface area contributed by atoms with E-state index in [1.165, 1.54) is 17.8 Å². The Labute approximate surface area is 471 Å². The van der Waals surface area contributed by atoms with E-state index in [4.69, 9.17) is 49.1 Å². The highest BCUT2D eigenvalue weighted by Crippen LogP contribution is 1.45. The number of hydrogen-bond acceptors (Lipinski definition) is 2.